The summed E-state index contributed by atoms with van der Waals surface area (Å²) in [6, 6.07) is 12.8. The number of halogens is 1. The van der Waals surface area contributed by atoms with E-state index in [0.717, 1.165) is 36.8 Å². The van der Waals surface area contributed by atoms with Crippen LogP contribution in [0.5, 0.6) is 0 Å². The van der Waals surface area contributed by atoms with E-state index in [0.29, 0.717) is 0 Å². The molecule has 1 aromatic carbocycles. The van der Waals surface area contributed by atoms with Crippen LogP contribution in [0.15, 0.2) is 53.8 Å². The highest BCUT2D eigenvalue weighted by atomic mass is 127. The molecule has 0 spiro atoms. The zero-order valence-corrected chi connectivity index (χ0v) is 18.8. The number of aliphatic imine (C=N–C) groups is 1. The van der Waals surface area contributed by atoms with Crippen molar-refractivity contribution >= 4 is 35.6 Å². The van der Waals surface area contributed by atoms with E-state index >= 15 is 0 Å². The molecule has 1 N–H and O–H groups in total. The summed E-state index contributed by atoms with van der Waals surface area (Å²) in [6.45, 7) is 5.82. The van der Waals surface area contributed by atoms with Gasteiger partial charge in [0.05, 0.1) is 5.69 Å². The number of rotatable bonds is 5. The van der Waals surface area contributed by atoms with Crippen LogP contribution in [0.3, 0.4) is 0 Å². The van der Waals surface area contributed by atoms with Crippen molar-refractivity contribution in [3.8, 4) is 0 Å². The predicted molar refractivity (Wildman–Crippen MR) is 123 cm³/mol. The number of aromatic nitrogens is 2. The summed E-state index contributed by atoms with van der Waals surface area (Å²) >= 11 is 0. The lowest BCUT2D eigenvalue weighted by Gasteiger charge is -2.22. The number of hydrogen-bond donors (Lipinski definition) is 1. The van der Waals surface area contributed by atoms with Crippen molar-refractivity contribution in [1.82, 2.24) is 19.6 Å². The van der Waals surface area contributed by atoms with E-state index in [1.165, 1.54) is 16.7 Å². The first-order chi connectivity index (χ1) is 12.6. The maximum absolute atomic E-state index is 4.73. The third-order valence-electron chi connectivity index (χ3n) is 4.51. The van der Waals surface area contributed by atoms with Crippen LogP contribution in [0, 0.1) is 13.8 Å². The fraction of sp³-hybridized carbons (Fsp3) is 0.333. The topological polar surface area (TPSA) is 44.9 Å². The van der Waals surface area contributed by atoms with E-state index in [-0.39, 0.29) is 24.0 Å². The fourth-order valence-corrected chi connectivity index (χ4v) is 3.05. The van der Waals surface area contributed by atoms with Crippen LogP contribution in [0.4, 0.5) is 0 Å². The molecule has 0 aliphatic carbocycles. The molecule has 0 unspecified atom stereocenters. The SMILES string of the molecule is CN=C(NCCc1cn2cccc(C)c2n1)N(C)Cc1ccc(C)cc1.I. The minimum atomic E-state index is 0. The third-order valence-corrected chi connectivity index (χ3v) is 4.51. The molecule has 0 amide bonds. The Morgan fingerprint density at radius 3 is 2.59 bits per heavy atom. The summed E-state index contributed by atoms with van der Waals surface area (Å²) in [5.41, 5.74) is 5.87. The van der Waals surface area contributed by atoms with Crippen LogP contribution in [-0.4, -0.2) is 40.9 Å². The van der Waals surface area contributed by atoms with Gasteiger partial charge in [-0.2, -0.15) is 0 Å². The van der Waals surface area contributed by atoms with E-state index < -0.39 is 0 Å². The van der Waals surface area contributed by atoms with Gasteiger partial charge in [0.1, 0.15) is 5.65 Å². The number of nitrogens with one attached hydrogen (secondary N) is 1. The molecule has 0 bridgehead atoms. The van der Waals surface area contributed by atoms with Crippen LogP contribution < -0.4 is 5.32 Å². The molecule has 0 radical (unpaired) electrons. The third kappa shape index (κ3) is 5.45. The molecular weight excluding hydrogens is 449 g/mol. The Bertz CT molecular complexity index is 899. The Kier molecular flexibility index (Phi) is 7.65. The van der Waals surface area contributed by atoms with Gasteiger partial charge < -0.3 is 14.6 Å². The van der Waals surface area contributed by atoms with Crippen LogP contribution in [0.2, 0.25) is 0 Å². The maximum atomic E-state index is 4.73. The monoisotopic (exact) mass is 477 g/mol. The van der Waals surface area contributed by atoms with Gasteiger partial charge in [-0.15, -0.1) is 24.0 Å². The largest absolute Gasteiger partial charge is 0.356 e. The fourth-order valence-electron chi connectivity index (χ4n) is 3.05. The minimum absolute atomic E-state index is 0. The van der Waals surface area contributed by atoms with Crippen LogP contribution in [-0.2, 0) is 13.0 Å². The quantitative estimate of drug-likeness (QED) is 0.345. The molecule has 6 heteroatoms. The Morgan fingerprint density at radius 1 is 1.19 bits per heavy atom. The van der Waals surface area contributed by atoms with Crippen molar-refractivity contribution in [3.63, 3.8) is 0 Å². The molecule has 0 saturated heterocycles. The number of hydrogen-bond acceptors (Lipinski definition) is 2. The molecule has 144 valence electrons. The first-order valence-corrected chi connectivity index (χ1v) is 8.97. The summed E-state index contributed by atoms with van der Waals surface area (Å²) in [6.07, 6.45) is 5.00. The summed E-state index contributed by atoms with van der Waals surface area (Å²) in [7, 11) is 3.88. The van der Waals surface area contributed by atoms with Crippen molar-refractivity contribution in [2.24, 2.45) is 4.99 Å². The maximum Gasteiger partial charge on any atom is 0.193 e. The number of benzene rings is 1. The zero-order valence-electron chi connectivity index (χ0n) is 16.4. The molecule has 27 heavy (non-hydrogen) atoms. The van der Waals surface area contributed by atoms with E-state index in [4.69, 9.17) is 4.98 Å². The number of fused-ring (bicyclic) bond motifs is 1. The van der Waals surface area contributed by atoms with Gasteiger partial charge in [0, 0.05) is 46.0 Å². The molecule has 2 heterocycles. The highest BCUT2D eigenvalue weighted by Crippen LogP contribution is 2.10. The Balaban J connectivity index is 0.00000261. The first-order valence-electron chi connectivity index (χ1n) is 8.97. The Labute approximate surface area is 178 Å². The molecule has 0 atom stereocenters. The Hall–Kier alpha value is -2.09. The molecule has 0 fully saturated rings. The van der Waals surface area contributed by atoms with Gasteiger partial charge in [0.15, 0.2) is 5.96 Å². The zero-order chi connectivity index (χ0) is 18.5. The molecule has 3 rings (SSSR count). The highest BCUT2D eigenvalue weighted by Gasteiger charge is 2.08. The first kappa shape index (κ1) is 21.2. The van der Waals surface area contributed by atoms with E-state index in [2.05, 4.69) is 77.0 Å². The molecule has 3 aromatic rings. The van der Waals surface area contributed by atoms with E-state index in [1.54, 1.807) is 0 Å². The predicted octanol–water partition coefficient (Wildman–Crippen LogP) is 3.82. The molecule has 2 aromatic heterocycles. The number of pyridine rings is 1. The van der Waals surface area contributed by atoms with Crippen LogP contribution >= 0.6 is 24.0 Å². The van der Waals surface area contributed by atoms with Gasteiger partial charge in [0.25, 0.3) is 0 Å². The van der Waals surface area contributed by atoms with E-state index in [9.17, 15) is 0 Å². The van der Waals surface area contributed by atoms with Crippen molar-refractivity contribution < 1.29 is 0 Å². The molecule has 0 aliphatic rings. The van der Waals surface area contributed by atoms with Gasteiger partial charge >= 0.3 is 0 Å². The highest BCUT2D eigenvalue weighted by molar-refractivity contribution is 14.0. The molecule has 5 nitrogen and oxygen atoms in total. The van der Waals surface area contributed by atoms with Crippen LogP contribution in [0.1, 0.15) is 22.4 Å². The van der Waals surface area contributed by atoms with Crippen LogP contribution in [0.25, 0.3) is 5.65 Å². The van der Waals surface area contributed by atoms with Gasteiger partial charge in [-0.25, -0.2) is 4.98 Å². The second-order valence-electron chi connectivity index (χ2n) is 6.72. The second-order valence-corrected chi connectivity index (χ2v) is 6.72. The average Bonchev–Trinajstić information content (AvgIpc) is 3.05. The lowest BCUT2D eigenvalue weighted by Crippen LogP contribution is -2.39. The Morgan fingerprint density at radius 2 is 1.93 bits per heavy atom. The van der Waals surface area contributed by atoms with Crippen molar-refractivity contribution in [3.05, 3.63) is 71.2 Å². The number of imidazole rings is 1. The summed E-state index contributed by atoms with van der Waals surface area (Å²) in [5, 5.41) is 3.43. The van der Waals surface area contributed by atoms with Crippen molar-refractivity contribution in [2.45, 2.75) is 26.8 Å². The standard InChI is InChI=1S/C21H27N5.HI/c1-16-7-9-18(10-8-16)14-25(4)21(22-3)23-12-11-19-15-26-13-5-6-17(2)20(26)24-19;/h5-10,13,15H,11-12,14H2,1-4H3,(H,22,23);1H. The summed E-state index contributed by atoms with van der Waals surface area (Å²) in [4.78, 5) is 11.3. The van der Waals surface area contributed by atoms with Gasteiger partial charge in [-0.05, 0) is 31.0 Å². The average molecular weight is 477 g/mol. The number of nitrogens with zero attached hydrogens (tertiary/aromatic N) is 4. The molecule has 0 aliphatic heterocycles. The van der Waals surface area contributed by atoms with Gasteiger partial charge in [-0.1, -0.05) is 35.9 Å². The second kappa shape index (κ2) is 9.73. The van der Waals surface area contributed by atoms with Crippen molar-refractivity contribution in [2.75, 3.05) is 20.6 Å². The lowest BCUT2D eigenvalue weighted by atomic mass is 10.1. The summed E-state index contributed by atoms with van der Waals surface area (Å²) in [5.74, 6) is 0.894. The van der Waals surface area contributed by atoms with Crippen molar-refractivity contribution in [1.29, 1.82) is 0 Å². The molecular formula is C21H28IN5. The smallest absolute Gasteiger partial charge is 0.193 e. The number of aryl methyl sites for hydroxylation is 2. The normalized spacial score (nSPS) is 11.3. The minimum Gasteiger partial charge on any atom is -0.356 e. The number of guanidine groups is 1. The lowest BCUT2D eigenvalue weighted by molar-refractivity contribution is 0.477. The molecule has 0 saturated carbocycles. The van der Waals surface area contributed by atoms with E-state index in [1.807, 2.05) is 19.3 Å². The summed E-state index contributed by atoms with van der Waals surface area (Å²) < 4.78 is 2.09. The van der Waals surface area contributed by atoms with Gasteiger partial charge in [-0.3, -0.25) is 4.99 Å². The van der Waals surface area contributed by atoms with Gasteiger partial charge in [0.2, 0.25) is 0 Å².